The van der Waals surface area contributed by atoms with Crippen LogP contribution in [-0.2, 0) is 22.4 Å². The van der Waals surface area contributed by atoms with Crippen LogP contribution in [0.3, 0.4) is 0 Å². The minimum absolute atomic E-state index is 0.141. The van der Waals surface area contributed by atoms with Crippen molar-refractivity contribution in [2.24, 2.45) is 0 Å². The van der Waals surface area contributed by atoms with Gasteiger partial charge in [0.05, 0.1) is 16.2 Å². The molecule has 2 N–H and O–H groups in total. The van der Waals surface area contributed by atoms with Gasteiger partial charge in [-0.15, -0.1) is 11.3 Å². The van der Waals surface area contributed by atoms with Crippen LogP contribution in [0.5, 0.6) is 11.5 Å². The second kappa shape index (κ2) is 10.5. The van der Waals surface area contributed by atoms with E-state index in [4.69, 9.17) is 14.6 Å². The SMILES string of the molecule is COc1cc(/C=C(\C#N)C(=O)Nc2sc3c(c2C#N)CCCC3)cc(I)c1OCC(=O)O. The van der Waals surface area contributed by atoms with Crippen molar-refractivity contribution in [1.82, 2.24) is 0 Å². The van der Waals surface area contributed by atoms with E-state index in [0.717, 1.165) is 36.1 Å². The standard InChI is InChI=1S/C22H18IN3O5S/c1-30-17-8-12(7-16(23)20(17)31-11-19(27)28)6-13(9-24)21(29)26-22-15(10-25)14-4-2-3-5-18(14)32-22/h6-8H,2-5,11H2,1H3,(H,26,29)(H,27,28)/b13-6+. The van der Waals surface area contributed by atoms with Crippen molar-refractivity contribution < 1.29 is 24.2 Å². The molecule has 0 spiro atoms. The Balaban J connectivity index is 1.88. The lowest BCUT2D eigenvalue weighted by atomic mass is 9.96. The topological polar surface area (TPSA) is 132 Å². The normalized spacial score (nSPS) is 12.8. The van der Waals surface area contributed by atoms with E-state index >= 15 is 0 Å². The predicted molar refractivity (Wildman–Crippen MR) is 127 cm³/mol. The van der Waals surface area contributed by atoms with Gasteiger partial charge in [-0.25, -0.2) is 4.79 Å². The molecule has 0 unspecified atom stereocenters. The first-order valence-electron chi connectivity index (χ1n) is 9.57. The fourth-order valence-corrected chi connectivity index (χ4v) is 5.37. The van der Waals surface area contributed by atoms with Crippen LogP contribution in [-0.4, -0.2) is 30.7 Å². The number of aryl methyl sites for hydroxylation is 1. The highest BCUT2D eigenvalue weighted by Crippen LogP contribution is 2.38. The molecule has 3 rings (SSSR count). The number of benzene rings is 1. The number of rotatable bonds is 7. The lowest BCUT2D eigenvalue weighted by molar-refractivity contribution is -0.139. The first-order valence-corrected chi connectivity index (χ1v) is 11.5. The number of fused-ring (bicyclic) bond motifs is 1. The average molecular weight is 563 g/mol. The van der Waals surface area contributed by atoms with Gasteiger partial charge in [-0.3, -0.25) is 4.79 Å². The smallest absolute Gasteiger partial charge is 0.341 e. The van der Waals surface area contributed by atoms with Gasteiger partial charge >= 0.3 is 5.97 Å². The summed E-state index contributed by atoms with van der Waals surface area (Å²) in [5, 5.41) is 31.1. The maximum atomic E-state index is 12.8. The fourth-order valence-electron chi connectivity index (χ4n) is 3.36. The molecule has 0 fully saturated rings. The Morgan fingerprint density at radius 2 is 2.06 bits per heavy atom. The van der Waals surface area contributed by atoms with Crippen LogP contribution in [0.2, 0.25) is 0 Å². The third-order valence-corrected chi connectivity index (χ3v) is 6.79. The van der Waals surface area contributed by atoms with Crippen LogP contribution < -0.4 is 14.8 Å². The van der Waals surface area contributed by atoms with Crippen molar-refractivity contribution in [1.29, 1.82) is 10.5 Å². The number of aliphatic carboxylic acids is 1. The van der Waals surface area contributed by atoms with Gasteiger partial charge in [-0.1, -0.05) is 0 Å². The van der Waals surface area contributed by atoms with Gasteiger partial charge < -0.3 is 19.9 Å². The molecular weight excluding hydrogens is 545 g/mol. The number of nitrogens with one attached hydrogen (secondary N) is 1. The van der Waals surface area contributed by atoms with E-state index in [-0.39, 0.29) is 17.1 Å². The minimum atomic E-state index is -1.12. The van der Waals surface area contributed by atoms with Crippen LogP contribution in [0.4, 0.5) is 5.00 Å². The molecule has 8 nitrogen and oxygen atoms in total. The highest BCUT2D eigenvalue weighted by atomic mass is 127. The number of nitrogens with zero attached hydrogens (tertiary/aromatic N) is 2. The molecular formula is C22H18IN3O5S. The largest absolute Gasteiger partial charge is 0.493 e. The van der Waals surface area contributed by atoms with Gasteiger partial charge in [-0.05, 0) is 77.6 Å². The molecule has 1 amide bonds. The molecule has 0 bridgehead atoms. The Bertz CT molecular complexity index is 1190. The number of anilines is 1. The summed E-state index contributed by atoms with van der Waals surface area (Å²) in [6.45, 7) is -0.528. The average Bonchev–Trinajstić information content (AvgIpc) is 3.12. The zero-order valence-corrected chi connectivity index (χ0v) is 20.0. The van der Waals surface area contributed by atoms with Crippen molar-refractivity contribution in [2.75, 3.05) is 19.0 Å². The van der Waals surface area contributed by atoms with Crippen LogP contribution in [0, 0.1) is 26.2 Å². The molecule has 1 heterocycles. The molecule has 164 valence electrons. The highest BCUT2D eigenvalue weighted by Gasteiger charge is 2.23. The Morgan fingerprint density at radius 1 is 1.31 bits per heavy atom. The summed E-state index contributed by atoms with van der Waals surface area (Å²) >= 11 is 3.35. The molecule has 1 aromatic heterocycles. The van der Waals surface area contributed by atoms with Crippen molar-refractivity contribution in [3.63, 3.8) is 0 Å². The molecule has 0 saturated carbocycles. The van der Waals surface area contributed by atoms with Gasteiger partial charge in [0.1, 0.15) is 22.7 Å². The van der Waals surface area contributed by atoms with Crippen molar-refractivity contribution in [3.8, 4) is 23.6 Å². The number of thiophene rings is 1. The molecule has 1 aliphatic rings. The van der Waals surface area contributed by atoms with Gasteiger partial charge in [0.15, 0.2) is 18.1 Å². The number of methoxy groups -OCH3 is 1. The number of hydrogen-bond acceptors (Lipinski definition) is 7. The van der Waals surface area contributed by atoms with Gasteiger partial charge in [-0.2, -0.15) is 10.5 Å². The van der Waals surface area contributed by atoms with Gasteiger partial charge in [0, 0.05) is 4.88 Å². The number of carboxylic acids is 1. The monoisotopic (exact) mass is 563 g/mol. The molecule has 2 aromatic rings. The summed E-state index contributed by atoms with van der Waals surface area (Å²) in [7, 11) is 1.41. The maximum Gasteiger partial charge on any atom is 0.341 e. The van der Waals surface area contributed by atoms with E-state index in [0.29, 0.717) is 19.7 Å². The molecule has 32 heavy (non-hydrogen) atoms. The van der Waals surface area contributed by atoms with E-state index in [2.05, 4.69) is 11.4 Å². The predicted octanol–water partition coefficient (Wildman–Crippen LogP) is 4.12. The summed E-state index contributed by atoms with van der Waals surface area (Å²) in [4.78, 5) is 24.7. The minimum Gasteiger partial charge on any atom is -0.493 e. The number of nitriles is 2. The second-order valence-electron chi connectivity index (χ2n) is 6.87. The van der Waals surface area contributed by atoms with Crippen LogP contribution in [0.25, 0.3) is 6.08 Å². The van der Waals surface area contributed by atoms with Crippen LogP contribution in [0.1, 0.15) is 34.4 Å². The molecule has 10 heteroatoms. The molecule has 1 aromatic carbocycles. The number of hydrogen-bond donors (Lipinski definition) is 2. The maximum absolute atomic E-state index is 12.8. The molecule has 0 aliphatic heterocycles. The fraction of sp³-hybridized carbons (Fsp3) is 0.273. The quantitative estimate of drug-likeness (QED) is 0.294. The molecule has 1 aliphatic carbocycles. The number of carbonyl (C=O) groups is 2. The highest BCUT2D eigenvalue weighted by molar-refractivity contribution is 14.1. The summed E-state index contributed by atoms with van der Waals surface area (Å²) < 4.78 is 11.1. The van der Waals surface area contributed by atoms with Crippen LogP contribution in [0.15, 0.2) is 17.7 Å². The Hall–Kier alpha value is -3.09. The van der Waals surface area contributed by atoms with Gasteiger partial charge in [0.2, 0.25) is 0 Å². The first kappa shape index (κ1) is 23.6. The number of ether oxygens (including phenoxy) is 2. The van der Waals surface area contributed by atoms with Gasteiger partial charge in [0.25, 0.3) is 5.91 Å². The Kier molecular flexibility index (Phi) is 7.72. The lowest BCUT2D eigenvalue weighted by Gasteiger charge is -2.12. The first-order chi connectivity index (χ1) is 15.4. The van der Waals surface area contributed by atoms with E-state index < -0.39 is 18.5 Å². The molecule has 0 radical (unpaired) electrons. The van der Waals surface area contributed by atoms with E-state index in [1.165, 1.54) is 24.5 Å². The van der Waals surface area contributed by atoms with Crippen molar-refractivity contribution in [3.05, 3.63) is 42.8 Å². The number of carbonyl (C=O) groups excluding carboxylic acids is 1. The van der Waals surface area contributed by atoms with E-state index in [1.54, 1.807) is 12.1 Å². The van der Waals surface area contributed by atoms with Crippen LogP contribution >= 0.6 is 33.9 Å². The third kappa shape index (κ3) is 5.21. The zero-order valence-electron chi connectivity index (χ0n) is 17.0. The Labute approximate surface area is 202 Å². The zero-order chi connectivity index (χ0) is 23.3. The lowest BCUT2D eigenvalue weighted by Crippen LogP contribution is -2.13. The van der Waals surface area contributed by atoms with E-state index in [9.17, 15) is 20.1 Å². The number of carboxylic acid groups (broad SMARTS) is 1. The molecule has 0 saturated heterocycles. The molecule has 0 atom stereocenters. The number of halogens is 1. The summed E-state index contributed by atoms with van der Waals surface area (Å²) in [6, 6.07) is 7.28. The Morgan fingerprint density at radius 3 is 2.72 bits per heavy atom. The summed E-state index contributed by atoms with van der Waals surface area (Å²) in [5.74, 6) is -1.19. The third-order valence-electron chi connectivity index (χ3n) is 4.78. The number of amides is 1. The summed E-state index contributed by atoms with van der Waals surface area (Å²) in [6.07, 6.45) is 5.18. The second-order valence-corrected chi connectivity index (χ2v) is 9.13. The van der Waals surface area contributed by atoms with Crippen molar-refractivity contribution in [2.45, 2.75) is 25.7 Å². The van der Waals surface area contributed by atoms with Crippen molar-refractivity contribution >= 4 is 56.9 Å². The van der Waals surface area contributed by atoms with E-state index in [1.807, 2.05) is 28.7 Å². The summed E-state index contributed by atoms with van der Waals surface area (Å²) in [5.41, 5.74) is 1.84.